The number of piperidine rings is 1. The Morgan fingerprint density at radius 2 is 1.33 bits per heavy atom. The van der Waals surface area contributed by atoms with Crippen LogP contribution in [0, 0.1) is 5.92 Å². The van der Waals surface area contributed by atoms with Crippen LogP contribution in [-0.2, 0) is 34.8 Å². The maximum Gasteiger partial charge on any atom is 0.347 e. The molecule has 72 heavy (non-hydrogen) atoms. The average molecular weight is 970 g/mol. The first-order valence-electron chi connectivity index (χ1n) is 24.5. The molecule has 0 unspecified atom stereocenters. The summed E-state index contributed by atoms with van der Waals surface area (Å²) < 4.78 is 12.1. The summed E-state index contributed by atoms with van der Waals surface area (Å²) in [6, 6.07) is 46.2. The number of aliphatic hydroxyl groups excluding tert-OH is 1. The first-order chi connectivity index (χ1) is 35.0. The van der Waals surface area contributed by atoms with Crippen LogP contribution in [0.2, 0.25) is 0 Å². The third kappa shape index (κ3) is 11.9. The number of phenols is 1. The van der Waals surface area contributed by atoms with Crippen molar-refractivity contribution in [3.05, 3.63) is 213 Å². The molecule has 0 radical (unpaired) electrons. The number of carbonyl (C=O) groups is 3. The highest BCUT2D eigenvalue weighted by Crippen LogP contribution is 2.34. The van der Waals surface area contributed by atoms with E-state index >= 15 is 0 Å². The van der Waals surface area contributed by atoms with Crippen LogP contribution in [0.4, 0.5) is 0 Å². The second kappa shape index (κ2) is 22.6. The molecule has 2 amide bonds. The van der Waals surface area contributed by atoms with Crippen LogP contribution in [0.5, 0.6) is 11.5 Å². The van der Waals surface area contributed by atoms with Crippen molar-refractivity contribution in [2.24, 2.45) is 5.92 Å². The minimum absolute atomic E-state index is 0.0704. The number of benzene rings is 6. The SMILES string of the molecule is O=C(NC1CC(NC(=O)c2ccc(COc3cccc([C@](O)(C(=O)OCC4CCN(Cc5ccccc5)CC4)c4ccccc4)c3)cc2)C1)c1ccc(CNC[C@H](O)c2ccc(O)c3[nH]c(=O)ccc23)cc1. The molecule has 1 saturated carbocycles. The number of aromatic amines is 1. The summed E-state index contributed by atoms with van der Waals surface area (Å²) in [6.07, 6.45) is 2.11. The van der Waals surface area contributed by atoms with Crippen molar-refractivity contribution in [2.45, 2.75) is 69.2 Å². The number of fused-ring (bicyclic) bond motifs is 1. The molecular formula is C58H59N5O9. The molecule has 1 aliphatic carbocycles. The number of carbonyl (C=O) groups excluding carboxylic acids is 3. The van der Waals surface area contributed by atoms with Gasteiger partial charge in [0.1, 0.15) is 18.1 Å². The zero-order valence-electron chi connectivity index (χ0n) is 39.8. The average Bonchev–Trinajstić information content (AvgIpc) is 3.40. The number of likely N-dealkylation sites (tertiary alicyclic amines) is 1. The fourth-order valence-corrected chi connectivity index (χ4v) is 9.44. The van der Waals surface area contributed by atoms with Crippen molar-refractivity contribution in [2.75, 3.05) is 26.2 Å². The summed E-state index contributed by atoms with van der Waals surface area (Å²) in [5.74, 6) is -0.570. The predicted molar refractivity (Wildman–Crippen MR) is 273 cm³/mol. The maximum atomic E-state index is 13.9. The fraction of sp³-hybridized carbons (Fsp3) is 0.276. The molecule has 9 rings (SSSR count). The van der Waals surface area contributed by atoms with E-state index in [0.717, 1.165) is 43.6 Å². The second-order valence-corrected chi connectivity index (χ2v) is 18.8. The van der Waals surface area contributed by atoms with E-state index in [4.69, 9.17) is 9.47 Å². The highest BCUT2D eigenvalue weighted by Gasteiger charge is 2.42. The summed E-state index contributed by atoms with van der Waals surface area (Å²) in [5.41, 5.74) is 3.19. The van der Waals surface area contributed by atoms with Gasteiger partial charge in [0.15, 0.2) is 0 Å². The van der Waals surface area contributed by atoms with Crippen molar-refractivity contribution in [1.82, 2.24) is 25.8 Å². The number of aromatic hydroxyl groups is 1. The van der Waals surface area contributed by atoms with Crippen molar-refractivity contribution in [1.29, 1.82) is 0 Å². The lowest BCUT2D eigenvalue weighted by molar-refractivity contribution is -0.164. The third-order valence-corrected chi connectivity index (χ3v) is 13.7. The first-order valence-corrected chi connectivity index (χ1v) is 24.5. The van der Waals surface area contributed by atoms with E-state index in [1.807, 2.05) is 36.4 Å². The molecule has 2 atom stereocenters. The number of hydrogen-bond donors (Lipinski definition) is 7. The molecule has 2 aliphatic rings. The Bertz CT molecular complexity index is 3030. The predicted octanol–water partition coefficient (Wildman–Crippen LogP) is 7.02. The van der Waals surface area contributed by atoms with E-state index in [-0.39, 0.29) is 66.4 Å². The molecule has 7 aromatic rings. The molecule has 1 aliphatic heterocycles. The minimum atomic E-state index is -2.06. The lowest BCUT2D eigenvalue weighted by Gasteiger charge is -2.36. The van der Waals surface area contributed by atoms with E-state index in [1.165, 1.54) is 17.7 Å². The topological polar surface area (TPSA) is 203 Å². The molecule has 0 spiro atoms. The normalized spacial score (nSPS) is 17.2. The zero-order valence-corrected chi connectivity index (χ0v) is 39.8. The van der Waals surface area contributed by atoms with Gasteiger partial charge in [0, 0.05) is 59.9 Å². The Labute approximate surface area is 417 Å². The summed E-state index contributed by atoms with van der Waals surface area (Å²) in [4.78, 5) is 56.9. The van der Waals surface area contributed by atoms with Crippen molar-refractivity contribution in [3.63, 3.8) is 0 Å². The summed E-state index contributed by atoms with van der Waals surface area (Å²) in [6.45, 7) is 3.78. The first kappa shape index (κ1) is 49.4. The van der Waals surface area contributed by atoms with Gasteiger partial charge < -0.3 is 45.7 Å². The number of nitrogens with zero attached hydrogens (tertiary/aromatic N) is 1. The van der Waals surface area contributed by atoms with Gasteiger partial charge in [-0.1, -0.05) is 103 Å². The number of nitrogens with one attached hydrogen (secondary N) is 4. The molecule has 1 aromatic heterocycles. The number of ether oxygens (including phenoxy) is 2. The van der Waals surface area contributed by atoms with Crippen LogP contribution in [0.1, 0.15) is 85.9 Å². The van der Waals surface area contributed by atoms with Gasteiger partial charge in [-0.05, 0) is 121 Å². The van der Waals surface area contributed by atoms with Crippen LogP contribution in [0.3, 0.4) is 0 Å². The van der Waals surface area contributed by atoms with Crippen LogP contribution in [0.15, 0.2) is 163 Å². The number of phenolic OH excluding ortho intramolecular Hbond substituents is 1. The Balaban J connectivity index is 0.704. The minimum Gasteiger partial charge on any atom is -0.506 e. The number of aliphatic hydroxyl groups is 2. The Morgan fingerprint density at radius 1 is 0.708 bits per heavy atom. The van der Waals surface area contributed by atoms with E-state index in [1.54, 1.807) is 84.9 Å². The van der Waals surface area contributed by atoms with E-state index in [0.29, 0.717) is 58.3 Å². The van der Waals surface area contributed by atoms with Crippen LogP contribution in [0.25, 0.3) is 10.9 Å². The number of hydrogen-bond acceptors (Lipinski definition) is 11. The number of esters is 1. The lowest BCUT2D eigenvalue weighted by Crippen LogP contribution is -2.53. The van der Waals surface area contributed by atoms with Gasteiger partial charge >= 0.3 is 5.97 Å². The number of aromatic nitrogens is 1. The van der Waals surface area contributed by atoms with Crippen molar-refractivity contribution in [3.8, 4) is 11.5 Å². The van der Waals surface area contributed by atoms with Gasteiger partial charge in [0.2, 0.25) is 11.2 Å². The number of H-pyrrole nitrogens is 1. The van der Waals surface area contributed by atoms with Gasteiger partial charge in [-0.25, -0.2) is 4.79 Å². The lowest BCUT2D eigenvalue weighted by atomic mass is 9.86. The molecule has 1 saturated heterocycles. The summed E-state index contributed by atoms with van der Waals surface area (Å²) >= 11 is 0. The van der Waals surface area contributed by atoms with Crippen LogP contribution < -0.4 is 26.2 Å². The molecule has 14 nitrogen and oxygen atoms in total. The van der Waals surface area contributed by atoms with Crippen molar-refractivity contribution < 1.29 is 39.2 Å². The summed E-state index contributed by atoms with van der Waals surface area (Å²) in [7, 11) is 0. The molecule has 7 N–H and O–H groups in total. The molecule has 370 valence electrons. The Morgan fingerprint density at radius 3 is 2.00 bits per heavy atom. The monoisotopic (exact) mass is 969 g/mol. The molecule has 2 fully saturated rings. The molecular weight excluding hydrogens is 911 g/mol. The number of rotatable bonds is 19. The fourth-order valence-electron chi connectivity index (χ4n) is 9.44. The Kier molecular flexibility index (Phi) is 15.5. The second-order valence-electron chi connectivity index (χ2n) is 18.8. The smallest absolute Gasteiger partial charge is 0.347 e. The maximum absolute atomic E-state index is 13.9. The van der Waals surface area contributed by atoms with Crippen LogP contribution in [-0.4, -0.2) is 81.3 Å². The third-order valence-electron chi connectivity index (χ3n) is 13.7. The van der Waals surface area contributed by atoms with Gasteiger partial charge in [0.25, 0.3) is 11.8 Å². The van der Waals surface area contributed by atoms with Gasteiger partial charge in [-0.15, -0.1) is 0 Å². The highest BCUT2D eigenvalue weighted by atomic mass is 16.5. The Hall–Kier alpha value is -7.62. The molecule has 2 heterocycles. The van der Waals surface area contributed by atoms with Crippen LogP contribution >= 0.6 is 0 Å². The van der Waals surface area contributed by atoms with Gasteiger partial charge in [-0.3, -0.25) is 19.3 Å². The molecule has 6 aromatic carbocycles. The van der Waals surface area contributed by atoms with E-state index in [2.05, 4.69) is 50.1 Å². The number of pyridine rings is 1. The van der Waals surface area contributed by atoms with E-state index < -0.39 is 17.7 Å². The largest absolute Gasteiger partial charge is 0.506 e. The molecule has 0 bridgehead atoms. The van der Waals surface area contributed by atoms with E-state index in [9.17, 15) is 34.5 Å². The van der Waals surface area contributed by atoms with Gasteiger partial charge in [0.05, 0.1) is 18.2 Å². The molecule has 14 heteroatoms. The highest BCUT2D eigenvalue weighted by molar-refractivity contribution is 5.95. The number of amides is 2. The standard InChI is InChI=1S/C58H59N5O9/c64-51-24-22-49(50-23-25-53(66)62-54(50)51)52(65)34-59-33-38-14-18-42(19-15-38)55(67)60-46-31-47(32-46)61-56(68)43-20-16-40(17-21-43)36-71-48-13-7-12-45(30-48)58(70,44-10-5-2-6-11-44)57(69)72-37-41-26-28-63(29-27-41)35-39-8-3-1-4-9-39/h1-25,30,41,46-47,52,59,64-65,70H,26-29,31-37H2,(H,60,67)(H,61,68)(H,62,66)/t46?,47?,52-,58-/m0/s1. The van der Waals surface area contributed by atoms with Gasteiger partial charge in [-0.2, -0.15) is 0 Å². The van der Waals surface area contributed by atoms with Crippen molar-refractivity contribution >= 4 is 28.7 Å². The summed E-state index contributed by atoms with van der Waals surface area (Å²) in [5, 5.41) is 43.1. The quantitative estimate of drug-likeness (QED) is 0.0411. The zero-order chi connectivity index (χ0) is 50.0.